The lowest BCUT2D eigenvalue weighted by Gasteiger charge is -2.19. The molecule has 24 heavy (non-hydrogen) atoms. The summed E-state index contributed by atoms with van der Waals surface area (Å²) in [6, 6.07) is 14.2. The van der Waals surface area contributed by atoms with E-state index < -0.39 is 11.7 Å². The first-order chi connectivity index (χ1) is 11.4. The second kappa shape index (κ2) is 7.47. The van der Waals surface area contributed by atoms with Crippen molar-refractivity contribution in [3.8, 4) is 11.8 Å². The van der Waals surface area contributed by atoms with Crippen LogP contribution in [0.25, 0.3) is 0 Å². The molecule has 122 valence electrons. The number of ether oxygens (including phenoxy) is 1. The van der Waals surface area contributed by atoms with Gasteiger partial charge in [-0.05, 0) is 51.1 Å². The van der Waals surface area contributed by atoms with Gasteiger partial charge in [0.25, 0.3) is 0 Å². The molecule has 0 heterocycles. The zero-order valence-electron chi connectivity index (χ0n) is 13.9. The molecule has 0 radical (unpaired) electrons. The van der Waals surface area contributed by atoms with E-state index in [0.29, 0.717) is 11.3 Å². The number of nitrogens with one attached hydrogen (secondary N) is 1. The van der Waals surface area contributed by atoms with Crippen molar-refractivity contribution >= 4 is 18.1 Å². The number of rotatable bonds is 2. The Bertz CT molecular complexity index is 790. The summed E-state index contributed by atoms with van der Waals surface area (Å²) < 4.78 is 5.22. The molecule has 4 heteroatoms. The molecule has 0 aliphatic carbocycles. The van der Waals surface area contributed by atoms with E-state index in [0.717, 1.165) is 17.4 Å². The Hall–Kier alpha value is -3.06. The van der Waals surface area contributed by atoms with Crippen LogP contribution in [-0.2, 0) is 4.74 Å². The molecule has 2 rings (SSSR count). The van der Waals surface area contributed by atoms with Crippen molar-refractivity contribution in [2.24, 2.45) is 0 Å². The normalized spacial score (nSPS) is 10.3. The molecule has 1 N–H and O–H groups in total. The first-order valence-electron chi connectivity index (χ1n) is 7.53. The minimum absolute atomic E-state index is 0.503. The Morgan fingerprint density at radius 2 is 1.71 bits per heavy atom. The van der Waals surface area contributed by atoms with Crippen LogP contribution in [0.3, 0.4) is 0 Å². The summed E-state index contributed by atoms with van der Waals surface area (Å²) in [6.07, 6.45) is 0.292. The molecule has 0 atom stereocenters. The molecule has 0 aromatic heterocycles. The van der Waals surface area contributed by atoms with Crippen LogP contribution >= 0.6 is 0 Å². The van der Waals surface area contributed by atoms with E-state index in [9.17, 15) is 9.59 Å². The van der Waals surface area contributed by atoms with E-state index >= 15 is 0 Å². The number of carbonyl (C=O) groups excluding carboxylic acids is 2. The standard InChI is InChI=1S/C20H19NO3/c1-20(2,3)24-19(23)21-18-6-4-5-16(13-18)10-7-15-8-11-17(14-22)12-9-15/h4-6,8-9,11-14H,1-3H3,(H,21,23). The highest BCUT2D eigenvalue weighted by Crippen LogP contribution is 2.13. The van der Waals surface area contributed by atoms with Crippen molar-refractivity contribution in [2.45, 2.75) is 26.4 Å². The highest BCUT2D eigenvalue weighted by molar-refractivity contribution is 5.85. The molecule has 2 aromatic carbocycles. The molecule has 0 bridgehead atoms. The molecule has 2 aromatic rings. The SMILES string of the molecule is CC(C)(C)OC(=O)Nc1cccc(C#Cc2ccc(C=O)cc2)c1. The third kappa shape index (κ3) is 5.62. The third-order valence-electron chi connectivity index (χ3n) is 2.91. The van der Waals surface area contributed by atoms with Gasteiger partial charge in [0.2, 0.25) is 0 Å². The monoisotopic (exact) mass is 321 g/mol. The Morgan fingerprint density at radius 3 is 2.33 bits per heavy atom. The van der Waals surface area contributed by atoms with Crippen molar-refractivity contribution < 1.29 is 14.3 Å². The maximum atomic E-state index is 11.8. The van der Waals surface area contributed by atoms with Crippen LogP contribution in [-0.4, -0.2) is 18.0 Å². The molecule has 0 fully saturated rings. The smallest absolute Gasteiger partial charge is 0.412 e. The van der Waals surface area contributed by atoms with Gasteiger partial charge in [-0.2, -0.15) is 0 Å². The highest BCUT2D eigenvalue weighted by atomic mass is 16.6. The van der Waals surface area contributed by atoms with E-state index in [1.165, 1.54) is 0 Å². The molecule has 4 nitrogen and oxygen atoms in total. The predicted octanol–water partition coefficient (Wildman–Crippen LogP) is 4.25. The van der Waals surface area contributed by atoms with Crippen LogP contribution in [0.5, 0.6) is 0 Å². The minimum Gasteiger partial charge on any atom is -0.444 e. The van der Waals surface area contributed by atoms with Gasteiger partial charge in [0.05, 0.1) is 0 Å². The molecule has 0 aliphatic rings. The quantitative estimate of drug-likeness (QED) is 0.664. The van der Waals surface area contributed by atoms with Gasteiger partial charge in [-0.3, -0.25) is 10.1 Å². The van der Waals surface area contributed by atoms with Gasteiger partial charge in [0, 0.05) is 22.4 Å². The van der Waals surface area contributed by atoms with Crippen LogP contribution in [0, 0.1) is 11.8 Å². The Labute approximate surface area is 141 Å². The van der Waals surface area contributed by atoms with Gasteiger partial charge in [0.15, 0.2) is 0 Å². The van der Waals surface area contributed by atoms with Crippen LogP contribution in [0.15, 0.2) is 48.5 Å². The van der Waals surface area contributed by atoms with Crippen molar-refractivity contribution in [2.75, 3.05) is 5.32 Å². The summed E-state index contributed by atoms with van der Waals surface area (Å²) in [5, 5.41) is 2.68. The summed E-state index contributed by atoms with van der Waals surface area (Å²) >= 11 is 0. The average Bonchev–Trinajstić information content (AvgIpc) is 2.52. The van der Waals surface area contributed by atoms with Gasteiger partial charge >= 0.3 is 6.09 Å². The predicted molar refractivity (Wildman–Crippen MR) is 94.1 cm³/mol. The fraction of sp³-hybridized carbons (Fsp3) is 0.200. The lowest BCUT2D eigenvalue weighted by atomic mass is 10.1. The van der Waals surface area contributed by atoms with Crippen molar-refractivity contribution in [3.63, 3.8) is 0 Å². The molecule has 0 saturated heterocycles. The molecule has 1 amide bonds. The van der Waals surface area contributed by atoms with E-state index in [4.69, 9.17) is 4.74 Å². The van der Waals surface area contributed by atoms with Gasteiger partial charge < -0.3 is 4.74 Å². The Morgan fingerprint density at radius 1 is 1.04 bits per heavy atom. The minimum atomic E-state index is -0.546. The van der Waals surface area contributed by atoms with E-state index in [1.807, 2.05) is 32.9 Å². The van der Waals surface area contributed by atoms with Crippen molar-refractivity contribution in [1.29, 1.82) is 0 Å². The average molecular weight is 321 g/mol. The maximum Gasteiger partial charge on any atom is 0.412 e. The number of amides is 1. The molecular formula is C20H19NO3. The van der Waals surface area contributed by atoms with Gasteiger partial charge in [0.1, 0.15) is 11.9 Å². The number of aldehydes is 1. The van der Waals surface area contributed by atoms with Gasteiger partial charge in [-0.25, -0.2) is 4.79 Å². The topological polar surface area (TPSA) is 55.4 Å². The van der Waals surface area contributed by atoms with Crippen LogP contribution in [0.2, 0.25) is 0 Å². The summed E-state index contributed by atoms with van der Waals surface area (Å²) in [5.74, 6) is 6.05. The van der Waals surface area contributed by atoms with Crippen molar-refractivity contribution in [3.05, 3.63) is 65.2 Å². The molecule has 0 aliphatic heterocycles. The van der Waals surface area contributed by atoms with Gasteiger partial charge in [-0.15, -0.1) is 0 Å². The number of hydrogen-bond acceptors (Lipinski definition) is 3. The number of benzene rings is 2. The molecule has 0 unspecified atom stereocenters. The maximum absolute atomic E-state index is 11.8. The molecular weight excluding hydrogens is 302 g/mol. The Kier molecular flexibility index (Phi) is 5.39. The van der Waals surface area contributed by atoms with Crippen LogP contribution in [0.1, 0.15) is 42.3 Å². The number of hydrogen-bond donors (Lipinski definition) is 1. The summed E-state index contributed by atoms with van der Waals surface area (Å²) in [4.78, 5) is 22.4. The van der Waals surface area contributed by atoms with Crippen LogP contribution in [0.4, 0.5) is 10.5 Å². The van der Waals surface area contributed by atoms with Crippen molar-refractivity contribution in [1.82, 2.24) is 0 Å². The fourth-order valence-corrected chi connectivity index (χ4v) is 1.89. The Balaban J connectivity index is 2.09. The number of carbonyl (C=O) groups is 2. The second-order valence-corrected chi connectivity index (χ2v) is 6.20. The van der Waals surface area contributed by atoms with E-state index in [2.05, 4.69) is 17.2 Å². The first kappa shape index (κ1) is 17.3. The fourth-order valence-electron chi connectivity index (χ4n) is 1.89. The largest absolute Gasteiger partial charge is 0.444 e. The number of anilines is 1. The molecule has 0 spiro atoms. The molecule has 0 saturated carbocycles. The zero-order valence-corrected chi connectivity index (χ0v) is 13.9. The van der Waals surface area contributed by atoms with E-state index in [1.54, 1.807) is 36.4 Å². The zero-order chi connectivity index (χ0) is 17.6. The summed E-state index contributed by atoms with van der Waals surface area (Å²) in [5.41, 5.74) is 2.26. The first-order valence-corrected chi connectivity index (χ1v) is 7.53. The van der Waals surface area contributed by atoms with Crippen LogP contribution < -0.4 is 5.32 Å². The van der Waals surface area contributed by atoms with E-state index in [-0.39, 0.29) is 0 Å². The third-order valence-corrected chi connectivity index (χ3v) is 2.91. The summed E-state index contributed by atoms with van der Waals surface area (Å²) in [6.45, 7) is 5.43. The van der Waals surface area contributed by atoms with Gasteiger partial charge in [-0.1, -0.05) is 30.0 Å². The lowest BCUT2D eigenvalue weighted by Crippen LogP contribution is -2.27. The second-order valence-electron chi connectivity index (χ2n) is 6.20. The highest BCUT2D eigenvalue weighted by Gasteiger charge is 2.16. The summed E-state index contributed by atoms with van der Waals surface area (Å²) in [7, 11) is 0. The lowest BCUT2D eigenvalue weighted by molar-refractivity contribution is 0.0636.